The number of rotatable bonds is 9. The van der Waals surface area contributed by atoms with Crippen molar-refractivity contribution in [1.29, 1.82) is 0 Å². The second kappa shape index (κ2) is 7.82. The molecule has 0 bridgehead atoms. The molecule has 3 fully saturated rings. The molecule has 2 saturated heterocycles. The maximum absolute atomic E-state index is 12.7. The van der Waals surface area contributed by atoms with Gasteiger partial charge in [0.2, 0.25) is 11.8 Å². The van der Waals surface area contributed by atoms with Crippen molar-refractivity contribution in [2.75, 3.05) is 37.8 Å². The summed E-state index contributed by atoms with van der Waals surface area (Å²) in [5.41, 5.74) is 6.86. The maximum Gasteiger partial charge on any atom is 0.270 e. The van der Waals surface area contributed by atoms with Crippen LogP contribution in [0.15, 0.2) is 12.1 Å². The Bertz CT molecular complexity index is 781. The molecule has 8 nitrogen and oxygen atoms in total. The minimum Gasteiger partial charge on any atom is -0.476 e. The van der Waals surface area contributed by atoms with Crippen LogP contribution < -0.4 is 20.7 Å². The van der Waals surface area contributed by atoms with Crippen molar-refractivity contribution < 1.29 is 19.1 Å². The number of carbonyl (C=O) groups excluding carboxylic acids is 2. The SMILES string of the molecule is CC(C)CC(NC(=O)c1ccc(N2CC3(COC3)C2)c(OCC2CC2)n1)C(N)=O. The zero-order valence-corrected chi connectivity index (χ0v) is 17.1. The van der Waals surface area contributed by atoms with Gasteiger partial charge < -0.3 is 25.4 Å². The van der Waals surface area contributed by atoms with Crippen molar-refractivity contribution >= 4 is 17.5 Å². The lowest BCUT2D eigenvalue weighted by Crippen LogP contribution is -2.66. The molecule has 1 aromatic rings. The van der Waals surface area contributed by atoms with Gasteiger partial charge in [0.15, 0.2) is 0 Å². The van der Waals surface area contributed by atoms with Gasteiger partial charge in [-0.15, -0.1) is 0 Å². The van der Waals surface area contributed by atoms with E-state index >= 15 is 0 Å². The number of primary amides is 1. The molecule has 2 amide bonds. The number of nitrogens with one attached hydrogen (secondary N) is 1. The summed E-state index contributed by atoms with van der Waals surface area (Å²) in [5.74, 6) is 0.344. The van der Waals surface area contributed by atoms with Crippen LogP contribution in [-0.2, 0) is 9.53 Å². The molecule has 1 aromatic heterocycles. The monoisotopic (exact) mass is 402 g/mol. The molecular formula is C21H30N4O4. The van der Waals surface area contributed by atoms with Crippen molar-refractivity contribution in [3.8, 4) is 5.88 Å². The number of ether oxygens (including phenoxy) is 2. The molecule has 158 valence electrons. The predicted molar refractivity (Wildman–Crippen MR) is 108 cm³/mol. The van der Waals surface area contributed by atoms with Crippen LogP contribution in [0.1, 0.15) is 43.6 Å². The van der Waals surface area contributed by atoms with Gasteiger partial charge in [0.25, 0.3) is 5.91 Å². The molecule has 1 saturated carbocycles. The number of carbonyl (C=O) groups is 2. The van der Waals surface area contributed by atoms with Crippen molar-refractivity contribution in [2.45, 2.75) is 39.2 Å². The Hall–Kier alpha value is -2.35. The topological polar surface area (TPSA) is 107 Å². The Balaban J connectivity index is 1.48. The second-order valence-corrected chi connectivity index (χ2v) is 9.18. The quantitative estimate of drug-likeness (QED) is 0.645. The Morgan fingerprint density at radius 3 is 2.62 bits per heavy atom. The highest BCUT2D eigenvalue weighted by Crippen LogP contribution is 2.43. The zero-order chi connectivity index (χ0) is 20.6. The summed E-state index contributed by atoms with van der Waals surface area (Å²) in [6.07, 6.45) is 2.84. The highest BCUT2D eigenvalue weighted by molar-refractivity contribution is 5.96. The lowest BCUT2D eigenvalue weighted by atomic mass is 9.78. The third-order valence-electron chi connectivity index (χ3n) is 5.79. The van der Waals surface area contributed by atoms with Crippen LogP contribution in [0.3, 0.4) is 0 Å². The first kappa shape index (κ1) is 19.9. The fraction of sp³-hybridized carbons (Fsp3) is 0.667. The van der Waals surface area contributed by atoms with E-state index in [2.05, 4.69) is 15.2 Å². The van der Waals surface area contributed by atoms with E-state index in [-0.39, 0.29) is 17.0 Å². The number of anilines is 1. The van der Waals surface area contributed by atoms with Gasteiger partial charge in [-0.2, -0.15) is 0 Å². The third-order valence-corrected chi connectivity index (χ3v) is 5.79. The van der Waals surface area contributed by atoms with Gasteiger partial charge in [-0.1, -0.05) is 13.8 Å². The summed E-state index contributed by atoms with van der Waals surface area (Å²) in [7, 11) is 0. The van der Waals surface area contributed by atoms with Crippen molar-refractivity contribution in [3.63, 3.8) is 0 Å². The number of nitrogens with two attached hydrogens (primary N) is 1. The van der Waals surface area contributed by atoms with E-state index in [1.165, 1.54) is 12.8 Å². The highest BCUT2D eigenvalue weighted by atomic mass is 16.5. The van der Waals surface area contributed by atoms with Gasteiger partial charge in [-0.05, 0) is 43.2 Å². The zero-order valence-electron chi connectivity index (χ0n) is 17.1. The van der Waals surface area contributed by atoms with E-state index in [9.17, 15) is 9.59 Å². The fourth-order valence-electron chi connectivity index (χ4n) is 3.84. The summed E-state index contributed by atoms with van der Waals surface area (Å²) in [6.45, 7) is 8.01. The van der Waals surface area contributed by atoms with Crippen LogP contribution >= 0.6 is 0 Å². The molecule has 3 aliphatic rings. The summed E-state index contributed by atoms with van der Waals surface area (Å²) >= 11 is 0. The first-order valence-electron chi connectivity index (χ1n) is 10.4. The van der Waals surface area contributed by atoms with Gasteiger partial charge in [0.1, 0.15) is 11.7 Å². The van der Waals surface area contributed by atoms with Crippen LogP contribution in [-0.4, -0.2) is 55.8 Å². The van der Waals surface area contributed by atoms with E-state index in [1.807, 2.05) is 19.9 Å². The Morgan fingerprint density at radius 2 is 2.07 bits per heavy atom. The molecule has 1 aliphatic carbocycles. The van der Waals surface area contributed by atoms with E-state index in [0.29, 0.717) is 24.8 Å². The molecule has 8 heteroatoms. The van der Waals surface area contributed by atoms with E-state index in [1.54, 1.807) is 6.07 Å². The molecular weight excluding hydrogens is 372 g/mol. The first-order chi connectivity index (χ1) is 13.8. The number of hydrogen-bond acceptors (Lipinski definition) is 6. The van der Waals surface area contributed by atoms with Crippen LogP contribution in [0.2, 0.25) is 0 Å². The Morgan fingerprint density at radius 1 is 1.34 bits per heavy atom. The summed E-state index contributed by atoms with van der Waals surface area (Å²) < 4.78 is 11.3. The molecule has 4 rings (SSSR count). The fourth-order valence-corrected chi connectivity index (χ4v) is 3.84. The molecule has 0 radical (unpaired) electrons. The van der Waals surface area contributed by atoms with Crippen LogP contribution in [0.5, 0.6) is 5.88 Å². The molecule has 3 N–H and O–H groups in total. The average molecular weight is 402 g/mol. The summed E-state index contributed by atoms with van der Waals surface area (Å²) in [5, 5.41) is 2.71. The van der Waals surface area contributed by atoms with Crippen molar-refractivity contribution in [2.24, 2.45) is 23.0 Å². The van der Waals surface area contributed by atoms with Crippen LogP contribution in [0, 0.1) is 17.3 Å². The Labute approximate surface area is 171 Å². The molecule has 1 spiro atoms. The van der Waals surface area contributed by atoms with Crippen molar-refractivity contribution in [1.82, 2.24) is 10.3 Å². The number of hydrogen-bond donors (Lipinski definition) is 2. The van der Waals surface area contributed by atoms with Gasteiger partial charge in [-0.3, -0.25) is 9.59 Å². The standard InChI is InChI=1S/C21H30N4O4/c1-13(2)7-16(18(22)26)23-19(27)15-5-6-17(20(24-15)29-8-14-3-4-14)25-9-21(10-25)11-28-12-21/h5-6,13-14,16H,3-4,7-12H2,1-2H3,(H2,22,26)(H,23,27). The molecule has 3 heterocycles. The summed E-state index contributed by atoms with van der Waals surface area (Å²) in [6, 6.07) is 2.86. The van der Waals surface area contributed by atoms with Gasteiger partial charge in [-0.25, -0.2) is 4.98 Å². The predicted octanol–water partition coefficient (Wildman–Crippen LogP) is 1.34. The lowest BCUT2D eigenvalue weighted by molar-refractivity contribution is -0.127. The number of amides is 2. The maximum atomic E-state index is 12.7. The van der Waals surface area contributed by atoms with Crippen LogP contribution in [0.4, 0.5) is 5.69 Å². The highest BCUT2D eigenvalue weighted by Gasteiger charge is 2.49. The second-order valence-electron chi connectivity index (χ2n) is 9.18. The smallest absolute Gasteiger partial charge is 0.270 e. The molecule has 2 aliphatic heterocycles. The Kier molecular flexibility index (Phi) is 5.38. The van der Waals surface area contributed by atoms with Crippen LogP contribution in [0.25, 0.3) is 0 Å². The van der Waals surface area contributed by atoms with Gasteiger partial charge >= 0.3 is 0 Å². The van der Waals surface area contributed by atoms with Gasteiger partial charge in [0, 0.05) is 13.1 Å². The van der Waals surface area contributed by atoms with Crippen molar-refractivity contribution in [3.05, 3.63) is 17.8 Å². The number of pyridine rings is 1. The lowest BCUT2D eigenvalue weighted by Gasteiger charge is -2.55. The van der Waals surface area contributed by atoms with Gasteiger partial charge in [0.05, 0.1) is 30.9 Å². The molecule has 1 atom stereocenters. The molecule has 29 heavy (non-hydrogen) atoms. The average Bonchev–Trinajstić information content (AvgIpc) is 3.41. The number of aromatic nitrogens is 1. The van der Waals surface area contributed by atoms with E-state index < -0.39 is 17.9 Å². The molecule has 1 unspecified atom stereocenters. The third kappa shape index (κ3) is 4.47. The first-order valence-corrected chi connectivity index (χ1v) is 10.4. The van der Waals surface area contributed by atoms with E-state index in [4.69, 9.17) is 15.2 Å². The number of nitrogens with zero attached hydrogens (tertiary/aromatic N) is 2. The van der Waals surface area contributed by atoms with E-state index in [0.717, 1.165) is 32.0 Å². The largest absolute Gasteiger partial charge is 0.476 e. The minimum atomic E-state index is -0.714. The normalized spacial score (nSPS) is 20.7. The summed E-state index contributed by atoms with van der Waals surface area (Å²) in [4.78, 5) is 31.1. The minimum absolute atomic E-state index is 0.231. The molecule has 0 aromatic carbocycles.